The van der Waals surface area contributed by atoms with Crippen LogP contribution in [0, 0.1) is 0 Å². The van der Waals surface area contributed by atoms with Gasteiger partial charge in [-0.15, -0.1) is 0 Å². The summed E-state index contributed by atoms with van der Waals surface area (Å²) in [7, 11) is 1.59. The number of nitrogens with zero attached hydrogens (tertiary/aromatic N) is 3. The number of amides is 1. The minimum Gasteiger partial charge on any atom is -0.354 e. The lowest BCUT2D eigenvalue weighted by molar-refractivity contribution is 0.0958. The van der Waals surface area contributed by atoms with E-state index in [2.05, 4.69) is 29.2 Å². The van der Waals surface area contributed by atoms with Crippen LogP contribution >= 0.6 is 0 Å². The first-order valence-electron chi connectivity index (χ1n) is 5.86. The molecule has 2 heterocycles. The van der Waals surface area contributed by atoms with Crippen molar-refractivity contribution >= 4 is 5.91 Å². The number of aromatic nitrogens is 3. The molecule has 0 saturated heterocycles. The fourth-order valence-electron chi connectivity index (χ4n) is 1.77. The van der Waals surface area contributed by atoms with Crippen LogP contribution in [0.2, 0.25) is 0 Å². The molecule has 2 aromatic heterocycles. The normalized spacial score (nSPS) is 10.7. The molecule has 0 fully saturated rings. The lowest BCUT2D eigenvalue weighted by Crippen LogP contribution is -2.19. The second-order valence-corrected chi connectivity index (χ2v) is 4.30. The number of hydrogen-bond donors (Lipinski definition) is 1. The zero-order chi connectivity index (χ0) is 13.1. The van der Waals surface area contributed by atoms with Gasteiger partial charge in [0, 0.05) is 25.1 Å². The van der Waals surface area contributed by atoms with Gasteiger partial charge in [0.05, 0.1) is 5.69 Å². The summed E-state index contributed by atoms with van der Waals surface area (Å²) in [6.45, 7) is 4.21. The molecule has 5 nitrogen and oxygen atoms in total. The standard InChI is InChI=1S/C13H16N4O/c1-9(2)12-5-7-16-17(12)10-4-6-15-11(8-10)13(18)14-3/h4-9H,1-3H3,(H,14,18). The van der Waals surface area contributed by atoms with Gasteiger partial charge in [0.25, 0.3) is 5.91 Å². The largest absolute Gasteiger partial charge is 0.354 e. The molecule has 0 radical (unpaired) electrons. The number of carbonyl (C=O) groups is 1. The van der Waals surface area contributed by atoms with Crippen molar-refractivity contribution in [2.45, 2.75) is 19.8 Å². The second kappa shape index (κ2) is 5.00. The van der Waals surface area contributed by atoms with Gasteiger partial charge in [-0.05, 0) is 24.1 Å². The number of hydrogen-bond acceptors (Lipinski definition) is 3. The van der Waals surface area contributed by atoms with Crippen LogP contribution in [-0.4, -0.2) is 27.7 Å². The summed E-state index contributed by atoms with van der Waals surface area (Å²) < 4.78 is 1.83. The molecule has 5 heteroatoms. The van der Waals surface area contributed by atoms with Crippen molar-refractivity contribution in [3.05, 3.63) is 42.0 Å². The van der Waals surface area contributed by atoms with Crippen LogP contribution < -0.4 is 5.32 Å². The van der Waals surface area contributed by atoms with Gasteiger partial charge in [-0.25, -0.2) is 4.68 Å². The van der Waals surface area contributed by atoms with Crippen molar-refractivity contribution in [2.24, 2.45) is 0 Å². The van der Waals surface area contributed by atoms with Gasteiger partial charge in [0.15, 0.2) is 0 Å². The van der Waals surface area contributed by atoms with E-state index < -0.39 is 0 Å². The smallest absolute Gasteiger partial charge is 0.269 e. The van der Waals surface area contributed by atoms with Gasteiger partial charge >= 0.3 is 0 Å². The molecule has 2 aromatic rings. The molecule has 18 heavy (non-hydrogen) atoms. The fraction of sp³-hybridized carbons (Fsp3) is 0.308. The first kappa shape index (κ1) is 12.3. The van der Waals surface area contributed by atoms with Gasteiger partial charge in [0.2, 0.25) is 0 Å². The third kappa shape index (κ3) is 2.25. The zero-order valence-electron chi connectivity index (χ0n) is 10.7. The lowest BCUT2D eigenvalue weighted by Gasteiger charge is -2.10. The molecule has 0 aliphatic rings. The van der Waals surface area contributed by atoms with E-state index in [0.717, 1.165) is 11.4 Å². The summed E-state index contributed by atoms with van der Waals surface area (Å²) in [6.07, 6.45) is 3.38. The van der Waals surface area contributed by atoms with E-state index in [0.29, 0.717) is 11.6 Å². The molecule has 94 valence electrons. The highest BCUT2D eigenvalue weighted by atomic mass is 16.1. The van der Waals surface area contributed by atoms with Crippen molar-refractivity contribution in [3.63, 3.8) is 0 Å². The van der Waals surface area contributed by atoms with E-state index in [9.17, 15) is 4.79 Å². The highest BCUT2D eigenvalue weighted by Gasteiger charge is 2.11. The van der Waals surface area contributed by atoms with Gasteiger partial charge in [-0.2, -0.15) is 5.10 Å². The maximum Gasteiger partial charge on any atom is 0.269 e. The van der Waals surface area contributed by atoms with E-state index in [4.69, 9.17) is 0 Å². The number of carbonyl (C=O) groups excluding carboxylic acids is 1. The molecule has 1 amide bonds. The Labute approximate surface area is 106 Å². The van der Waals surface area contributed by atoms with Crippen molar-refractivity contribution in [1.29, 1.82) is 0 Å². The van der Waals surface area contributed by atoms with Crippen LogP contribution in [0.1, 0.15) is 35.9 Å². The van der Waals surface area contributed by atoms with E-state index in [1.54, 1.807) is 25.5 Å². The summed E-state index contributed by atoms with van der Waals surface area (Å²) >= 11 is 0. The molecule has 0 bridgehead atoms. The van der Waals surface area contributed by atoms with Crippen LogP contribution in [0.3, 0.4) is 0 Å². The molecule has 0 atom stereocenters. The monoisotopic (exact) mass is 244 g/mol. The highest BCUT2D eigenvalue weighted by molar-refractivity contribution is 5.92. The third-order valence-electron chi connectivity index (χ3n) is 2.71. The Balaban J connectivity index is 2.45. The van der Waals surface area contributed by atoms with Crippen LogP contribution in [0.4, 0.5) is 0 Å². The van der Waals surface area contributed by atoms with E-state index in [1.807, 2.05) is 16.8 Å². The third-order valence-corrected chi connectivity index (χ3v) is 2.71. The lowest BCUT2D eigenvalue weighted by atomic mass is 10.1. The Morgan fingerprint density at radius 2 is 2.11 bits per heavy atom. The van der Waals surface area contributed by atoms with Gasteiger partial charge in [-0.1, -0.05) is 13.8 Å². The van der Waals surface area contributed by atoms with E-state index in [1.165, 1.54) is 0 Å². The second-order valence-electron chi connectivity index (χ2n) is 4.30. The summed E-state index contributed by atoms with van der Waals surface area (Å²) in [5.41, 5.74) is 2.33. The van der Waals surface area contributed by atoms with Crippen LogP contribution in [-0.2, 0) is 0 Å². The Bertz CT molecular complexity index is 560. The molecule has 0 aliphatic heterocycles. The SMILES string of the molecule is CNC(=O)c1cc(-n2nccc2C(C)C)ccn1. The molecule has 2 rings (SSSR count). The Hall–Kier alpha value is -2.17. The van der Waals surface area contributed by atoms with Crippen molar-refractivity contribution < 1.29 is 4.79 Å². The van der Waals surface area contributed by atoms with Crippen molar-refractivity contribution in [1.82, 2.24) is 20.1 Å². The molecule has 0 spiro atoms. The van der Waals surface area contributed by atoms with Crippen LogP contribution in [0.25, 0.3) is 5.69 Å². The topological polar surface area (TPSA) is 59.8 Å². The van der Waals surface area contributed by atoms with Gasteiger partial charge < -0.3 is 5.32 Å². The highest BCUT2D eigenvalue weighted by Crippen LogP contribution is 2.18. The van der Waals surface area contributed by atoms with E-state index >= 15 is 0 Å². The van der Waals surface area contributed by atoms with Crippen molar-refractivity contribution in [2.75, 3.05) is 7.05 Å². The summed E-state index contributed by atoms with van der Waals surface area (Å²) in [6, 6.07) is 5.55. The molecule has 1 N–H and O–H groups in total. The van der Waals surface area contributed by atoms with Gasteiger partial charge in [0.1, 0.15) is 5.69 Å². The molecule has 0 saturated carbocycles. The summed E-state index contributed by atoms with van der Waals surface area (Å²) in [5, 5.41) is 6.85. The van der Waals surface area contributed by atoms with Crippen molar-refractivity contribution in [3.8, 4) is 5.69 Å². The Kier molecular flexibility index (Phi) is 3.41. The first-order chi connectivity index (χ1) is 8.63. The molecule has 0 unspecified atom stereocenters. The average Bonchev–Trinajstić information content (AvgIpc) is 2.87. The zero-order valence-corrected chi connectivity index (χ0v) is 10.7. The maximum absolute atomic E-state index is 11.6. The predicted molar refractivity (Wildman–Crippen MR) is 68.8 cm³/mol. The van der Waals surface area contributed by atoms with Crippen LogP contribution in [0.5, 0.6) is 0 Å². The predicted octanol–water partition coefficient (Wildman–Crippen LogP) is 1.75. The quantitative estimate of drug-likeness (QED) is 0.894. The maximum atomic E-state index is 11.6. The van der Waals surface area contributed by atoms with E-state index in [-0.39, 0.29) is 5.91 Å². The number of rotatable bonds is 3. The molecule has 0 aliphatic carbocycles. The average molecular weight is 244 g/mol. The Morgan fingerprint density at radius 1 is 1.33 bits per heavy atom. The fourth-order valence-corrected chi connectivity index (χ4v) is 1.77. The first-order valence-corrected chi connectivity index (χ1v) is 5.86. The van der Waals surface area contributed by atoms with Gasteiger partial charge in [-0.3, -0.25) is 9.78 Å². The number of pyridine rings is 1. The summed E-state index contributed by atoms with van der Waals surface area (Å²) in [5.74, 6) is 0.166. The molecular weight excluding hydrogens is 228 g/mol. The minimum absolute atomic E-state index is 0.199. The minimum atomic E-state index is -0.199. The van der Waals surface area contributed by atoms with Crippen LogP contribution in [0.15, 0.2) is 30.6 Å². The number of nitrogens with one attached hydrogen (secondary N) is 1. The molecule has 0 aromatic carbocycles. The Morgan fingerprint density at radius 3 is 2.78 bits per heavy atom. The molecular formula is C13H16N4O. The summed E-state index contributed by atoms with van der Waals surface area (Å²) in [4.78, 5) is 15.6.